The number of carbonyl (C=O) groups is 1. The van der Waals surface area contributed by atoms with E-state index >= 15 is 0 Å². The molecule has 1 fully saturated rings. The second-order valence-corrected chi connectivity index (χ2v) is 6.17. The Morgan fingerprint density at radius 3 is 2.79 bits per heavy atom. The fourth-order valence-electron chi connectivity index (χ4n) is 2.18. The van der Waals surface area contributed by atoms with Crippen LogP contribution in [0, 0.1) is 11.7 Å². The van der Waals surface area contributed by atoms with Crippen LogP contribution >= 0.6 is 0 Å². The molecule has 0 aliphatic carbocycles. The standard InChI is InChI=1S/C11H13FN2O4S/c12-8-2-1-3-9(11(8)16)14-5-7(4-10(14)15)6-19(13,17)18/h1-3,7,16H,4-6H2,(H2,13,17,18). The summed E-state index contributed by atoms with van der Waals surface area (Å²) in [4.78, 5) is 13.0. The van der Waals surface area contributed by atoms with Gasteiger partial charge in [0.2, 0.25) is 15.9 Å². The molecule has 0 bridgehead atoms. The highest BCUT2D eigenvalue weighted by molar-refractivity contribution is 7.89. The molecule has 3 N–H and O–H groups in total. The van der Waals surface area contributed by atoms with Gasteiger partial charge in [-0.15, -0.1) is 0 Å². The van der Waals surface area contributed by atoms with Crippen LogP contribution < -0.4 is 10.0 Å². The Labute approximate surface area is 109 Å². The smallest absolute Gasteiger partial charge is 0.227 e. The van der Waals surface area contributed by atoms with E-state index in [4.69, 9.17) is 5.14 Å². The van der Waals surface area contributed by atoms with Gasteiger partial charge in [0.1, 0.15) is 0 Å². The zero-order valence-electron chi connectivity index (χ0n) is 9.91. The predicted octanol–water partition coefficient (Wildman–Crippen LogP) is 0.173. The number of anilines is 1. The average molecular weight is 288 g/mol. The van der Waals surface area contributed by atoms with Gasteiger partial charge in [-0.2, -0.15) is 0 Å². The van der Waals surface area contributed by atoms with Crippen LogP contribution in [0.3, 0.4) is 0 Å². The van der Waals surface area contributed by atoms with Crippen LogP contribution in [0.2, 0.25) is 0 Å². The van der Waals surface area contributed by atoms with Crippen LogP contribution in [0.4, 0.5) is 10.1 Å². The fraction of sp³-hybridized carbons (Fsp3) is 0.364. The zero-order chi connectivity index (χ0) is 14.2. The number of benzene rings is 1. The maximum absolute atomic E-state index is 13.2. The molecular weight excluding hydrogens is 275 g/mol. The molecule has 6 nitrogen and oxygen atoms in total. The molecule has 0 saturated carbocycles. The van der Waals surface area contributed by atoms with Crippen LogP contribution in [-0.2, 0) is 14.8 Å². The fourth-order valence-corrected chi connectivity index (χ4v) is 3.06. The van der Waals surface area contributed by atoms with Gasteiger partial charge < -0.3 is 10.0 Å². The number of hydrogen-bond donors (Lipinski definition) is 2. The lowest BCUT2D eigenvalue weighted by molar-refractivity contribution is -0.117. The third-order valence-corrected chi connectivity index (χ3v) is 3.87. The summed E-state index contributed by atoms with van der Waals surface area (Å²) >= 11 is 0. The van der Waals surface area contributed by atoms with Gasteiger partial charge in [0, 0.05) is 18.9 Å². The van der Waals surface area contributed by atoms with E-state index in [9.17, 15) is 22.7 Å². The van der Waals surface area contributed by atoms with E-state index in [0.29, 0.717) is 0 Å². The molecule has 0 radical (unpaired) electrons. The van der Waals surface area contributed by atoms with Crippen molar-refractivity contribution in [3.63, 3.8) is 0 Å². The summed E-state index contributed by atoms with van der Waals surface area (Å²) in [6, 6.07) is 3.83. The molecule has 1 heterocycles. The topological polar surface area (TPSA) is 101 Å². The van der Waals surface area contributed by atoms with Crippen molar-refractivity contribution in [1.29, 1.82) is 0 Å². The summed E-state index contributed by atoms with van der Waals surface area (Å²) in [7, 11) is -3.67. The van der Waals surface area contributed by atoms with Crippen molar-refractivity contribution in [3.8, 4) is 5.75 Å². The number of phenols is 1. The number of halogens is 1. The second kappa shape index (κ2) is 4.78. The number of hydrogen-bond acceptors (Lipinski definition) is 4. The lowest BCUT2D eigenvalue weighted by Crippen LogP contribution is -2.27. The molecule has 0 spiro atoms. The molecular formula is C11H13FN2O4S. The quantitative estimate of drug-likeness (QED) is 0.828. The maximum atomic E-state index is 13.2. The first kappa shape index (κ1) is 13.8. The Balaban J connectivity index is 2.23. The van der Waals surface area contributed by atoms with Crippen LogP contribution in [0.15, 0.2) is 18.2 Å². The Kier molecular flexibility index (Phi) is 3.46. The number of phenolic OH excluding ortho intramolecular Hbond substituents is 1. The van der Waals surface area contributed by atoms with Crippen LogP contribution in [0.25, 0.3) is 0 Å². The van der Waals surface area contributed by atoms with Crippen molar-refractivity contribution < 1.29 is 22.7 Å². The number of primary sulfonamides is 1. The third-order valence-electron chi connectivity index (χ3n) is 2.93. The SMILES string of the molecule is NS(=O)(=O)CC1CC(=O)N(c2cccc(F)c2O)C1. The normalized spacial score (nSPS) is 20.0. The lowest BCUT2D eigenvalue weighted by atomic mass is 10.1. The van der Waals surface area contributed by atoms with E-state index in [1.807, 2.05) is 0 Å². The number of sulfonamides is 1. The molecule has 1 aliphatic rings. The molecule has 1 saturated heterocycles. The molecule has 0 aromatic heterocycles. The van der Waals surface area contributed by atoms with Crippen molar-refractivity contribution >= 4 is 21.6 Å². The minimum Gasteiger partial charge on any atom is -0.503 e. The van der Waals surface area contributed by atoms with E-state index in [0.717, 1.165) is 6.07 Å². The highest BCUT2D eigenvalue weighted by Crippen LogP contribution is 2.34. The van der Waals surface area contributed by atoms with Gasteiger partial charge in [-0.05, 0) is 12.1 Å². The molecule has 1 amide bonds. The average Bonchev–Trinajstić information content (AvgIpc) is 2.61. The van der Waals surface area contributed by atoms with E-state index in [1.54, 1.807) is 0 Å². The summed E-state index contributed by atoms with van der Waals surface area (Å²) in [5.74, 6) is -2.59. The molecule has 8 heteroatoms. The zero-order valence-corrected chi connectivity index (χ0v) is 10.7. The summed E-state index contributed by atoms with van der Waals surface area (Å²) in [5.41, 5.74) is 0.0434. The molecule has 19 heavy (non-hydrogen) atoms. The summed E-state index contributed by atoms with van der Waals surface area (Å²) in [5, 5.41) is 14.5. The van der Waals surface area contributed by atoms with Crippen molar-refractivity contribution in [1.82, 2.24) is 0 Å². The van der Waals surface area contributed by atoms with E-state index in [1.165, 1.54) is 17.0 Å². The number of para-hydroxylation sites is 1. The number of aromatic hydroxyl groups is 1. The minimum absolute atomic E-state index is 0.00633. The van der Waals surface area contributed by atoms with Crippen molar-refractivity contribution in [2.45, 2.75) is 6.42 Å². The van der Waals surface area contributed by atoms with Crippen molar-refractivity contribution in [2.24, 2.45) is 11.1 Å². The van der Waals surface area contributed by atoms with Gasteiger partial charge in [-0.25, -0.2) is 17.9 Å². The molecule has 104 valence electrons. The summed E-state index contributed by atoms with van der Waals surface area (Å²) in [6.07, 6.45) is 0.00633. The minimum atomic E-state index is -3.67. The highest BCUT2D eigenvalue weighted by Gasteiger charge is 2.34. The Morgan fingerprint density at radius 2 is 2.16 bits per heavy atom. The molecule has 1 unspecified atom stereocenters. The number of rotatable bonds is 3. The van der Waals surface area contributed by atoms with Gasteiger partial charge >= 0.3 is 0 Å². The predicted molar refractivity (Wildman–Crippen MR) is 66.5 cm³/mol. The van der Waals surface area contributed by atoms with Gasteiger partial charge in [-0.1, -0.05) is 6.07 Å². The van der Waals surface area contributed by atoms with E-state index in [-0.39, 0.29) is 30.3 Å². The lowest BCUT2D eigenvalue weighted by Gasteiger charge is -2.18. The first-order chi connectivity index (χ1) is 8.78. The Bertz CT molecular complexity index is 617. The maximum Gasteiger partial charge on any atom is 0.227 e. The summed E-state index contributed by atoms with van der Waals surface area (Å²) in [6.45, 7) is 0.0896. The van der Waals surface area contributed by atoms with Crippen LogP contribution in [-0.4, -0.2) is 31.7 Å². The van der Waals surface area contributed by atoms with Crippen molar-refractivity contribution in [3.05, 3.63) is 24.0 Å². The van der Waals surface area contributed by atoms with Crippen LogP contribution in [0.1, 0.15) is 6.42 Å². The Morgan fingerprint density at radius 1 is 1.47 bits per heavy atom. The van der Waals surface area contributed by atoms with Crippen molar-refractivity contribution in [2.75, 3.05) is 17.2 Å². The number of nitrogens with zero attached hydrogens (tertiary/aromatic N) is 1. The molecule has 1 aliphatic heterocycles. The first-order valence-corrected chi connectivity index (χ1v) is 7.28. The van der Waals surface area contributed by atoms with E-state index in [2.05, 4.69) is 0 Å². The third kappa shape index (κ3) is 3.02. The molecule has 1 aromatic carbocycles. The van der Waals surface area contributed by atoms with E-state index < -0.39 is 27.5 Å². The number of amides is 1. The van der Waals surface area contributed by atoms with Gasteiger partial charge in [0.15, 0.2) is 11.6 Å². The molecule has 1 aromatic rings. The van der Waals surface area contributed by atoms with Gasteiger partial charge in [0.25, 0.3) is 0 Å². The second-order valence-electron chi connectivity index (χ2n) is 4.51. The summed E-state index contributed by atoms with van der Waals surface area (Å²) < 4.78 is 35.2. The van der Waals surface area contributed by atoms with Gasteiger partial charge in [-0.3, -0.25) is 4.79 Å². The van der Waals surface area contributed by atoms with Crippen LogP contribution in [0.5, 0.6) is 5.75 Å². The number of nitrogens with two attached hydrogens (primary N) is 1. The Hall–Kier alpha value is -1.67. The number of carbonyl (C=O) groups excluding carboxylic acids is 1. The first-order valence-electron chi connectivity index (χ1n) is 5.56. The molecule has 1 atom stereocenters. The highest BCUT2D eigenvalue weighted by atomic mass is 32.2. The monoisotopic (exact) mass is 288 g/mol. The van der Waals surface area contributed by atoms with Gasteiger partial charge in [0.05, 0.1) is 11.4 Å². The largest absolute Gasteiger partial charge is 0.503 e. The molecule has 2 rings (SSSR count).